The van der Waals surface area contributed by atoms with Gasteiger partial charge in [0.25, 0.3) is 0 Å². The number of halogens is 1. The Morgan fingerprint density at radius 2 is 2.00 bits per heavy atom. The topological polar surface area (TPSA) is 55.2 Å². The average Bonchev–Trinajstić information content (AvgIpc) is 2.96. The van der Waals surface area contributed by atoms with E-state index in [0.29, 0.717) is 22.2 Å². The zero-order valence-corrected chi connectivity index (χ0v) is 14.5. The third-order valence-electron chi connectivity index (χ3n) is 3.28. The fraction of sp³-hybridized carbons (Fsp3) is 0.118. The molecule has 0 amide bonds. The Morgan fingerprint density at radius 1 is 1.25 bits per heavy atom. The maximum atomic E-state index is 5.93. The molecule has 1 aromatic heterocycles. The largest absolute Gasteiger partial charge is 0.493 e. The number of hydrogen-bond donors (Lipinski definition) is 1. The number of nitrogens with zero attached hydrogens (tertiary/aromatic N) is 3. The Balaban J connectivity index is 1.98. The second-order valence-corrected chi connectivity index (χ2v) is 5.71. The van der Waals surface area contributed by atoms with Crippen molar-refractivity contribution in [2.24, 2.45) is 5.10 Å². The Hall–Kier alpha value is -2.44. The van der Waals surface area contributed by atoms with Crippen molar-refractivity contribution in [2.75, 3.05) is 6.61 Å². The van der Waals surface area contributed by atoms with Crippen LogP contribution >= 0.6 is 23.8 Å². The van der Waals surface area contributed by atoms with Crippen LogP contribution in [0.4, 0.5) is 0 Å². The van der Waals surface area contributed by atoms with Crippen molar-refractivity contribution in [3.63, 3.8) is 0 Å². The fourth-order valence-corrected chi connectivity index (χ4v) is 2.48. The molecule has 0 fully saturated rings. The number of para-hydroxylation sites is 1. The van der Waals surface area contributed by atoms with E-state index >= 15 is 0 Å². The van der Waals surface area contributed by atoms with Gasteiger partial charge in [-0.05, 0) is 55.5 Å². The maximum Gasteiger partial charge on any atom is 0.216 e. The van der Waals surface area contributed by atoms with E-state index in [9.17, 15) is 0 Å². The van der Waals surface area contributed by atoms with Gasteiger partial charge in [-0.1, -0.05) is 23.7 Å². The predicted octanol–water partition coefficient (Wildman–Crippen LogP) is 4.54. The number of nitrogens with one attached hydrogen (secondary N) is 1. The second-order valence-electron chi connectivity index (χ2n) is 4.89. The molecule has 0 spiro atoms. The van der Waals surface area contributed by atoms with E-state index < -0.39 is 0 Å². The summed E-state index contributed by atoms with van der Waals surface area (Å²) in [6, 6.07) is 15.0. The van der Waals surface area contributed by atoms with E-state index in [1.807, 2.05) is 43.3 Å². The van der Waals surface area contributed by atoms with Gasteiger partial charge in [0.15, 0.2) is 5.82 Å². The zero-order chi connectivity index (χ0) is 16.9. The third-order valence-corrected chi connectivity index (χ3v) is 3.80. The van der Waals surface area contributed by atoms with Crippen LogP contribution in [0.5, 0.6) is 5.75 Å². The predicted molar refractivity (Wildman–Crippen MR) is 98.5 cm³/mol. The smallest absolute Gasteiger partial charge is 0.216 e. The van der Waals surface area contributed by atoms with E-state index in [2.05, 4.69) is 15.3 Å². The van der Waals surface area contributed by atoms with Crippen molar-refractivity contribution in [1.29, 1.82) is 0 Å². The minimum Gasteiger partial charge on any atom is -0.493 e. The molecule has 1 N–H and O–H groups in total. The van der Waals surface area contributed by atoms with Crippen LogP contribution in [0.25, 0.3) is 11.4 Å². The van der Waals surface area contributed by atoms with Crippen molar-refractivity contribution in [3.8, 4) is 17.1 Å². The molecule has 5 nitrogen and oxygen atoms in total. The number of benzene rings is 2. The highest BCUT2D eigenvalue weighted by Crippen LogP contribution is 2.20. The summed E-state index contributed by atoms with van der Waals surface area (Å²) in [4.78, 5) is 0. The lowest BCUT2D eigenvalue weighted by Crippen LogP contribution is -1.98. The minimum absolute atomic E-state index is 0.407. The Bertz CT molecular complexity index is 915. The number of H-pyrrole nitrogens is 1. The van der Waals surface area contributed by atoms with Crippen LogP contribution < -0.4 is 4.74 Å². The summed E-state index contributed by atoms with van der Waals surface area (Å²) in [5.74, 6) is 1.38. The van der Waals surface area contributed by atoms with Gasteiger partial charge < -0.3 is 4.74 Å². The average molecular weight is 359 g/mol. The van der Waals surface area contributed by atoms with Crippen molar-refractivity contribution >= 4 is 30.0 Å². The highest BCUT2D eigenvalue weighted by atomic mass is 35.5. The van der Waals surface area contributed by atoms with Crippen molar-refractivity contribution < 1.29 is 4.74 Å². The molecule has 0 aliphatic heterocycles. The van der Waals surface area contributed by atoms with Crippen LogP contribution in [0.2, 0.25) is 5.02 Å². The summed E-state index contributed by atoms with van der Waals surface area (Å²) in [6.07, 6.45) is 1.70. The van der Waals surface area contributed by atoms with Gasteiger partial charge >= 0.3 is 0 Å². The molecule has 122 valence electrons. The molecule has 0 aliphatic rings. The summed E-state index contributed by atoms with van der Waals surface area (Å²) in [6.45, 7) is 2.53. The lowest BCUT2D eigenvalue weighted by Gasteiger charge is -2.06. The number of aromatic amines is 1. The zero-order valence-electron chi connectivity index (χ0n) is 12.9. The first-order valence-corrected chi connectivity index (χ1v) is 8.17. The van der Waals surface area contributed by atoms with Gasteiger partial charge in [0.1, 0.15) is 5.75 Å². The van der Waals surface area contributed by atoms with Crippen molar-refractivity contribution in [2.45, 2.75) is 6.92 Å². The van der Waals surface area contributed by atoms with Crippen LogP contribution in [0.15, 0.2) is 53.6 Å². The van der Waals surface area contributed by atoms with Crippen molar-refractivity contribution in [3.05, 3.63) is 63.9 Å². The molecule has 3 rings (SSSR count). The summed E-state index contributed by atoms with van der Waals surface area (Å²) >= 11 is 11.2. The molecule has 0 unspecified atom stereocenters. The molecule has 0 aliphatic carbocycles. The molecule has 0 atom stereocenters. The first-order valence-electron chi connectivity index (χ1n) is 7.38. The fourth-order valence-electron chi connectivity index (χ4n) is 2.18. The molecule has 7 heteroatoms. The summed E-state index contributed by atoms with van der Waals surface area (Å²) in [5, 5.41) is 12.1. The standard InChI is InChI=1S/C17H15ClN4OS/c1-2-23-15-6-4-3-5-13(15)11-19-22-16(20-21-17(22)24)12-7-9-14(18)10-8-12/h3-11H,2H2,1H3,(H,21,24). The first-order chi connectivity index (χ1) is 11.7. The Kier molecular flexibility index (Phi) is 5.08. The van der Waals surface area contributed by atoms with Gasteiger partial charge in [0.2, 0.25) is 4.77 Å². The highest BCUT2D eigenvalue weighted by Gasteiger charge is 2.08. The van der Waals surface area contributed by atoms with Crippen LogP contribution in [-0.2, 0) is 0 Å². The molecule has 2 aromatic carbocycles. The van der Waals surface area contributed by atoms with E-state index in [-0.39, 0.29) is 0 Å². The Morgan fingerprint density at radius 3 is 2.75 bits per heavy atom. The van der Waals surface area contributed by atoms with Crippen LogP contribution in [0.3, 0.4) is 0 Å². The normalized spacial score (nSPS) is 11.1. The summed E-state index contributed by atoms with van der Waals surface area (Å²) in [5.41, 5.74) is 1.73. The lowest BCUT2D eigenvalue weighted by atomic mass is 10.2. The molecule has 0 radical (unpaired) electrons. The van der Waals surface area contributed by atoms with Gasteiger partial charge in [-0.2, -0.15) is 14.9 Å². The number of ether oxygens (including phenoxy) is 1. The quantitative estimate of drug-likeness (QED) is 0.538. The number of aromatic nitrogens is 3. The second kappa shape index (κ2) is 7.42. The van der Waals surface area contributed by atoms with Gasteiger partial charge in [0.05, 0.1) is 12.8 Å². The number of hydrogen-bond acceptors (Lipinski definition) is 4. The lowest BCUT2D eigenvalue weighted by molar-refractivity contribution is 0.340. The van der Waals surface area contributed by atoms with E-state index in [1.165, 1.54) is 0 Å². The molecule has 1 heterocycles. The maximum absolute atomic E-state index is 5.93. The van der Waals surface area contributed by atoms with Crippen LogP contribution in [-0.4, -0.2) is 27.7 Å². The monoisotopic (exact) mass is 358 g/mol. The van der Waals surface area contributed by atoms with Crippen molar-refractivity contribution in [1.82, 2.24) is 14.9 Å². The molecule has 0 saturated heterocycles. The van der Waals surface area contributed by atoms with Gasteiger partial charge in [-0.3, -0.25) is 0 Å². The van der Waals surface area contributed by atoms with Gasteiger partial charge in [-0.15, -0.1) is 0 Å². The first kappa shape index (κ1) is 16.4. The molecule has 0 bridgehead atoms. The summed E-state index contributed by atoms with van der Waals surface area (Å²) in [7, 11) is 0. The van der Waals surface area contributed by atoms with Crippen LogP contribution in [0.1, 0.15) is 12.5 Å². The van der Waals surface area contributed by atoms with Crippen LogP contribution in [0, 0.1) is 4.77 Å². The SMILES string of the molecule is CCOc1ccccc1C=Nn1c(-c2ccc(Cl)cc2)n[nH]c1=S. The molecule has 0 saturated carbocycles. The third kappa shape index (κ3) is 3.55. The summed E-state index contributed by atoms with van der Waals surface area (Å²) < 4.78 is 7.58. The van der Waals surface area contributed by atoms with Gasteiger partial charge in [-0.25, -0.2) is 5.10 Å². The molecular weight excluding hydrogens is 344 g/mol. The molecular formula is C17H15ClN4OS. The van der Waals surface area contributed by atoms with E-state index in [4.69, 9.17) is 28.6 Å². The molecule has 3 aromatic rings. The number of rotatable bonds is 5. The van der Waals surface area contributed by atoms with Gasteiger partial charge in [0, 0.05) is 16.1 Å². The minimum atomic E-state index is 0.407. The highest BCUT2D eigenvalue weighted by molar-refractivity contribution is 7.71. The molecule has 24 heavy (non-hydrogen) atoms. The van der Waals surface area contributed by atoms with E-state index in [0.717, 1.165) is 16.9 Å². The Labute approximate surface area is 149 Å². The van der Waals surface area contributed by atoms with E-state index in [1.54, 1.807) is 23.0 Å².